The average molecular weight is 377 g/mol. The van der Waals surface area contributed by atoms with Gasteiger partial charge in [0.25, 0.3) is 5.91 Å². The van der Waals surface area contributed by atoms with Gasteiger partial charge in [0.05, 0.1) is 0 Å². The van der Waals surface area contributed by atoms with Crippen molar-refractivity contribution in [2.75, 3.05) is 26.2 Å². The number of ether oxygens (including phenoxy) is 1. The summed E-state index contributed by atoms with van der Waals surface area (Å²) in [5.41, 5.74) is 2.31. The number of furan rings is 1. The van der Waals surface area contributed by atoms with Crippen molar-refractivity contribution in [1.82, 2.24) is 10.2 Å². The molecule has 5 nitrogen and oxygen atoms in total. The highest BCUT2D eigenvalue weighted by Crippen LogP contribution is 2.28. The van der Waals surface area contributed by atoms with E-state index in [1.807, 2.05) is 30.0 Å². The predicted molar refractivity (Wildman–Crippen MR) is 102 cm³/mol. The fraction of sp³-hybridized carbons (Fsp3) is 0.450. The molecule has 0 aliphatic carbocycles. The van der Waals surface area contributed by atoms with Crippen molar-refractivity contribution in [3.63, 3.8) is 0 Å². The lowest BCUT2D eigenvalue weighted by atomic mass is 10.0. The smallest absolute Gasteiger partial charge is 0.289 e. The Hall–Kier alpha value is -1.98. The maximum Gasteiger partial charge on any atom is 0.289 e. The van der Waals surface area contributed by atoms with Crippen molar-refractivity contribution in [3.05, 3.63) is 53.0 Å². The lowest BCUT2D eigenvalue weighted by molar-refractivity contribution is 0.0746. The summed E-state index contributed by atoms with van der Waals surface area (Å²) in [5.74, 6) is 3.09. The number of carbonyl (C=O) groups excluding carboxylic acids is 1. The highest BCUT2D eigenvalue weighted by molar-refractivity contribution is 5.91. The van der Waals surface area contributed by atoms with Crippen LogP contribution < -0.4 is 10.1 Å². The van der Waals surface area contributed by atoms with Crippen LogP contribution in [-0.4, -0.2) is 37.0 Å². The fourth-order valence-corrected chi connectivity index (χ4v) is 3.86. The van der Waals surface area contributed by atoms with Crippen LogP contribution in [0.2, 0.25) is 0 Å². The lowest BCUT2D eigenvalue weighted by Gasteiger charge is -2.15. The molecule has 26 heavy (non-hydrogen) atoms. The molecule has 1 aromatic heterocycles. The molecule has 2 aromatic rings. The second-order valence-corrected chi connectivity index (χ2v) is 7.21. The Labute approximate surface area is 160 Å². The monoisotopic (exact) mass is 376 g/mol. The molecule has 0 unspecified atom stereocenters. The van der Waals surface area contributed by atoms with Crippen LogP contribution in [-0.2, 0) is 6.61 Å². The summed E-state index contributed by atoms with van der Waals surface area (Å²) in [4.78, 5) is 14.5. The zero-order chi connectivity index (χ0) is 17.4. The summed E-state index contributed by atoms with van der Waals surface area (Å²) < 4.78 is 11.6. The van der Waals surface area contributed by atoms with Crippen LogP contribution in [0, 0.1) is 25.7 Å². The van der Waals surface area contributed by atoms with Gasteiger partial charge in [-0.2, -0.15) is 0 Å². The maximum absolute atomic E-state index is 12.6. The predicted octanol–water partition coefficient (Wildman–Crippen LogP) is 3.19. The number of halogens is 1. The molecule has 0 spiro atoms. The number of likely N-dealkylation sites (tertiary alicyclic amines) is 1. The topological polar surface area (TPSA) is 54.7 Å². The van der Waals surface area contributed by atoms with Gasteiger partial charge in [-0.05, 0) is 49.4 Å². The maximum atomic E-state index is 12.6. The SMILES string of the molecule is Cc1ccc(OCc2ccc(C(=O)N3C[C@H]4CNC[C@H]4C3)o2)c(C)c1.Cl. The van der Waals surface area contributed by atoms with Crippen molar-refractivity contribution < 1.29 is 13.9 Å². The first kappa shape index (κ1) is 18.8. The van der Waals surface area contributed by atoms with E-state index >= 15 is 0 Å². The fourth-order valence-electron chi connectivity index (χ4n) is 3.86. The summed E-state index contributed by atoms with van der Waals surface area (Å²) in [6.45, 7) is 8.09. The summed E-state index contributed by atoms with van der Waals surface area (Å²) in [6.07, 6.45) is 0. The Morgan fingerprint density at radius 1 is 1.19 bits per heavy atom. The van der Waals surface area contributed by atoms with Gasteiger partial charge in [0.1, 0.15) is 18.1 Å². The third-order valence-electron chi connectivity index (χ3n) is 5.25. The minimum atomic E-state index is -0.00725. The standard InChI is InChI=1S/C20H24N2O3.ClH/c1-13-3-5-18(14(2)7-13)24-12-17-4-6-19(25-17)20(23)22-10-15-8-21-9-16(15)11-22;/h3-7,15-16,21H,8-12H2,1-2H3;1H/t15-,16+;. The molecular formula is C20H25ClN2O3. The molecule has 2 fully saturated rings. The summed E-state index contributed by atoms with van der Waals surface area (Å²) in [7, 11) is 0. The molecule has 1 aromatic carbocycles. The number of hydrogen-bond donors (Lipinski definition) is 1. The van der Waals surface area contributed by atoms with Crippen LogP contribution in [0.3, 0.4) is 0 Å². The van der Waals surface area contributed by atoms with Gasteiger partial charge in [-0.25, -0.2) is 0 Å². The molecule has 0 saturated carbocycles. The van der Waals surface area contributed by atoms with Crippen LogP contribution in [0.5, 0.6) is 5.75 Å². The zero-order valence-corrected chi connectivity index (χ0v) is 16.0. The van der Waals surface area contributed by atoms with E-state index in [0.717, 1.165) is 37.5 Å². The molecule has 0 bridgehead atoms. The Balaban J connectivity index is 0.00000196. The number of carbonyl (C=O) groups is 1. The van der Waals surface area contributed by atoms with Crippen molar-refractivity contribution in [1.29, 1.82) is 0 Å². The van der Waals surface area contributed by atoms with Gasteiger partial charge < -0.3 is 19.4 Å². The van der Waals surface area contributed by atoms with Crippen LogP contribution in [0.15, 0.2) is 34.7 Å². The molecule has 2 atom stereocenters. The second-order valence-electron chi connectivity index (χ2n) is 7.21. The van der Waals surface area contributed by atoms with Gasteiger partial charge in [-0.1, -0.05) is 17.7 Å². The third-order valence-corrected chi connectivity index (χ3v) is 5.25. The molecule has 1 N–H and O–H groups in total. The van der Waals surface area contributed by atoms with E-state index in [2.05, 4.69) is 18.3 Å². The first-order valence-corrected chi connectivity index (χ1v) is 8.89. The van der Waals surface area contributed by atoms with Gasteiger partial charge >= 0.3 is 0 Å². The number of hydrogen-bond acceptors (Lipinski definition) is 4. The number of aryl methyl sites for hydroxylation is 2. The zero-order valence-electron chi connectivity index (χ0n) is 15.2. The summed E-state index contributed by atoms with van der Waals surface area (Å²) >= 11 is 0. The van der Waals surface area contributed by atoms with E-state index < -0.39 is 0 Å². The van der Waals surface area contributed by atoms with E-state index in [1.54, 1.807) is 6.07 Å². The Morgan fingerprint density at radius 2 is 1.92 bits per heavy atom. The Morgan fingerprint density at radius 3 is 2.62 bits per heavy atom. The summed E-state index contributed by atoms with van der Waals surface area (Å²) in [6, 6.07) is 9.67. The molecule has 2 saturated heterocycles. The van der Waals surface area contributed by atoms with E-state index in [4.69, 9.17) is 9.15 Å². The van der Waals surface area contributed by atoms with E-state index in [9.17, 15) is 4.79 Å². The number of fused-ring (bicyclic) bond motifs is 1. The second kappa shape index (κ2) is 7.72. The number of amides is 1. The highest BCUT2D eigenvalue weighted by atomic mass is 35.5. The van der Waals surface area contributed by atoms with E-state index in [-0.39, 0.29) is 18.3 Å². The number of nitrogens with zero attached hydrogens (tertiary/aromatic N) is 1. The summed E-state index contributed by atoms with van der Waals surface area (Å²) in [5, 5.41) is 3.39. The van der Waals surface area contributed by atoms with Crippen molar-refractivity contribution >= 4 is 18.3 Å². The molecule has 140 valence electrons. The molecule has 1 amide bonds. The van der Waals surface area contributed by atoms with Crippen molar-refractivity contribution in [3.8, 4) is 5.75 Å². The first-order chi connectivity index (χ1) is 12.1. The lowest BCUT2D eigenvalue weighted by Crippen LogP contribution is -2.31. The minimum Gasteiger partial charge on any atom is -0.485 e. The molecule has 4 rings (SSSR count). The van der Waals surface area contributed by atoms with Gasteiger partial charge in [-0.15, -0.1) is 12.4 Å². The van der Waals surface area contributed by atoms with E-state index in [0.29, 0.717) is 30.0 Å². The van der Waals surface area contributed by atoms with Gasteiger partial charge in [0.15, 0.2) is 5.76 Å². The van der Waals surface area contributed by atoms with Crippen LogP contribution in [0.1, 0.15) is 27.4 Å². The van der Waals surface area contributed by atoms with Crippen LogP contribution in [0.4, 0.5) is 0 Å². The van der Waals surface area contributed by atoms with Crippen LogP contribution in [0.25, 0.3) is 0 Å². The molecule has 3 heterocycles. The normalized spacial score (nSPS) is 21.4. The average Bonchev–Trinajstić information content (AvgIpc) is 3.29. The van der Waals surface area contributed by atoms with Crippen molar-refractivity contribution in [2.24, 2.45) is 11.8 Å². The molecule has 2 aliphatic rings. The molecule has 0 radical (unpaired) electrons. The number of benzene rings is 1. The molecule has 2 aliphatic heterocycles. The van der Waals surface area contributed by atoms with Gasteiger partial charge in [-0.3, -0.25) is 4.79 Å². The number of rotatable bonds is 4. The van der Waals surface area contributed by atoms with Crippen molar-refractivity contribution in [2.45, 2.75) is 20.5 Å². The Kier molecular flexibility index (Phi) is 5.58. The Bertz CT molecular complexity index is 777. The number of nitrogens with one attached hydrogen (secondary N) is 1. The van der Waals surface area contributed by atoms with Gasteiger partial charge in [0, 0.05) is 26.2 Å². The van der Waals surface area contributed by atoms with E-state index in [1.165, 1.54) is 5.56 Å². The van der Waals surface area contributed by atoms with Gasteiger partial charge in [0.2, 0.25) is 0 Å². The quantitative estimate of drug-likeness (QED) is 0.890. The largest absolute Gasteiger partial charge is 0.485 e. The first-order valence-electron chi connectivity index (χ1n) is 8.89. The molecular weight excluding hydrogens is 352 g/mol. The highest BCUT2D eigenvalue weighted by Gasteiger charge is 2.38. The molecule has 6 heteroatoms. The van der Waals surface area contributed by atoms with Crippen LogP contribution >= 0.6 is 12.4 Å². The minimum absolute atomic E-state index is 0. The third kappa shape index (κ3) is 3.74.